The van der Waals surface area contributed by atoms with Crippen LogP contribution in [0.25, 0.3) is 0 Å². The van der Waals surface area contributed by atoms with E-state index in [4.69, 9.17) is 21.7 Å². The average molecular weight is 888 g/mol. The Hall–Kier alpha value is -6.40. The lowest BCUT2D eigenvalue weighted by molar-refractivity contribution is -0.144. The lowest BCUT2D eigenvalue weighted by Crippen LogP contribution is -2.48. The maximum absolute atomic E-state index is 13.0. The highest BCUT2D eigenvalue weighted by Gasteiger charge is 2.28. The molecule has 0 rings (SSSR count). The number of hydrogen-bond donors (Lipinski definition) is 13. The van der Waals surface area contributed by atoms with Crippen molar-refractivity contribution in [1.82, 2.24) is 31.9 Å². The van der Waals surface area contributed by atoms with Gasteiger partial charge in [-0.25, -0.2) is 19.2 Å². The van der Waals surface area contributed by atoms with Gasteiger partial charge in [-0.1, -0.05) is 13.3 Å². The highest BCUT2D eigenvalue weighted by molar-refractivity contribution is 5.90. The molecule has 0 fully saturated rings. The fourth-order valence-corrected chi connectivity index (χ4v) is 5.79. The first-order valence-corrected chi connectivity index (χ1v) is 19.9. The number of ketones is 1. The number of carboxylic acid groups (broad SMARTS) is 4. The number of Topliss-reactive ketones (excluding diaryl/α,β-unsaturated/α-hetero) is 1. The van der Waals surface area contributed by atoms with Gasteiger partial charge in [0.15, 0.2) is 11.7 Å². The average Bonchev–Trinajstić information content (AvgIpc) is 3.19. The standard InChI is InChI=1S/C37H61N9O16/c1-3-21(27(49)19-47)7-4-5-17-40-32(54)22(8-6-18-41-37(38)39)43-28(50)14-10-24(34(57)58)45-30(52)16-12-26(36(61)62)46-31(53)15-11-25(35(59)60)44-29(51)13-9-23(33(55)56)42-20(2)48/h21-26,47H,3-19H2,1-2H3,(H,40,54)(H,42,48)(H,43,50)(H,44,51)(H,45,52)(H,46,53)(H,55,56)(H,57,58)(H,59,60)(H,61,62)(H4,38,39,41)/t21-,22-,23-,24-,25-,26-/m0/s1. The second kappa shape index (κ2) is 30.6. The third-order valence-electron chi connectivity index (χ3n) is 9.20. The second-order valence-corrected chi connectivity index (χ2v) is 14.2. The van der Waals surface area contributed by atoms with E-state index in [-0.39, 0.29) is 50.0 Å². The zero-order chi connectivity index (χ0) is 47.4. The van der Waals surface area contributed by atoms with Gasteiger partial charge in [-0.05, 0) is 57.8 Å². The molecule has 0 aliphatic carbocycles. The summed E-state index contributed by atoms with van der Waals surface area (Å²) in [7, 11) is 0. The number of unbranched alkanes of at least 4 members (excludes halogenated alkanes) is 1. The maximum Gasteiger partial charge on any atom is 0.326 e. The van der Waals surface area contributed by atoms with Crippen molar-refractivity contribution in [1.29, 1.82) is 0 Å². The number of carbonyl (C=O) groups excluding carboxylic acids is 7. The predicted octanol–water partition coefficient (Wildman–Crippen LogP) is -3.18. The quantitative estimate of drug-likeness (QED) is 0.0172. The Morgan fingerprint density at radius 2 is 0.919 bits per heavy atom. The molecule has 0 bridgehead atoms. The molecule has 25 nitrogen and oxygen atoms in total. The van der Waals surface area contributed by atoms with E-state index in [0.29, 0.717) is 25.7 Å². The number of aliphatic hydroxyl groups is 1. The Labute approximate surface area is 356 Å². The summed E-state index contributed by atoms with van der Waals surface area (Å²) in [6, 6.07) is -7.40. The monoisotopic (exact) mass is 887 g/mol. The summed E-state index contributed by atoms with van der Waals surface area (Å²) in [6.45, 7) is 2.71. The number of nitrogens with zero attached hydrogens (tertiary/aromatic N) is 1. The van der Waals surface area contributed by atoms with Crippen LogP contribution >= 0.6 is 0 Å². The van der Waals surface area contributed by atoms with Crippen LogP contribution in [0.15, 0.2) is 4.99 Å². The van der Waals surface area contributed by atoms with Gasteiger partial charge in [0, 0.05) is 51.6 Å². The molecule has 0 saturated carbocycles. The highest BCUT2D eigenvalue weighted by Crippen LogP contribution is 2.13. The normalized spacial score (nSPS) is 13.6. The van der Waals surface area contributed by atoms with E-state index in [1.165, 1.54) is 0 Å². The number of guanidine groups is 1. The Bertz CT molecular complexity index is 1600. The molecule has 15 N–H and O–H groups in total. The zero-order valence-electron chi connectivity index (χ0n) is 34.8. The van der Waals surface area contributed by atoms with Gasteiger partial charge in [0.25, 0.3) is 0 Å². The van der Waals surface area contributed by atoms with Crippen molar-refractivity contribution in [2.45, 2.75) is 134 Å². The van der Waals surface area contributed by atoms with Crippen molar-refractivity contribution in [3.05, 3.63) is 0 Å². The number of aliphatic imine (C=N–C) groups is 1. The summed E-state index contributed by atoms with van der Waals surface area (Å²) in [4.78, 5) is 137. The molecule has 350 valence electrons. The molecule has 25 heteroatoms. The van der Waals surface area contributed by atoms with E-state index in [9.17, 15) is 68.1 Å². The minimum absolute atomic E-state index is 0.104. The molecule has 0 heterocycles. The molecule has 0 spiro atoms. The summed E-state index contributed by atoms with van der Waals surface area (Å²) in [5, 5.41) is 60.8. The van der Waals surface area contributed by atoms with Crippen molar-refractivity contribution >= 4 is 71.1 Å². The van der Waals surface area contributed by atoms with Crippen molar-refractivity contribution in [2.24, 2.45) is 22.4 Å². The van der Waals surface area contributed by atoms with E-state index in [2.05, 4.69) is 36.9 Å². The van der Waals surface area contributed by atoms with E-state index in [0.717, 1.165) is 6.92 Å². The van der Waals surface area contributed by atoms with Crippen LogP contribution in [-0.2, 0) is 52.7 Å². The summed E-state index contributed by atoms with van der Waals surface area (Å²) in [6.07, 6.45) is -1.44. The van der Waals surface area contributed by atoms with Gasteiger partial charge in [0.2, 0.25) is 35.4 Å². The number of hydrogen-bond acceptors (Lipinski definition) is 13. The highest BCUT2D eigenvalue weighted by atomic mass is 16.4. The van der Waals surface area contributed by atoms with E-state index in [1.807, 2.05) is 6.92 Å². The van der Waals surface area contributed by atoms with E-state index >= 15 is 0 Å². The minimum Gasteiger partial charge on any atom is -0.480 e. The summed E-state index contributed by atoms with van der Waals surface area (Å²) >= 11 is 0. The largest absolute Gasteiger partial charge is 0.480 e. The van der Waals surface area contributed by atoms with Crippen LogP contribution in [0.4, 0.5) is 0 Å². The molecular formula is C37H61N9O16. The summed E-state index contributed by atoms with van der Waals surface area (Å²) in [5.41, 5.74) is 10.7. The first-order chi connectivity index (χ1) is 29.1. The Morgan fingerprint density at radius 3 is 1.26 bits per heavy atom. The second-order valence-electron chi connectivity index (χ2n) is 14.2. The fourth-order valence-electron chi connectivity index (χ4n) is 5.79. The van der Waals surface area contributed by atoms with Gasteiger partial charge in [0.05, 0.1) is 0 Å². The smallest absolute Gasteiger partial charge is 0.326 e. The van der Waals surface area contributed by atoms with Gasteiger partial charge in [-0.15, -0.1) is 0 Å². The Morgan fingerprint density at radius 1 is 0.532 bits per heavy atom. The number of rotatable bonds is 34. The number of carbonyl (C=O) groups is 11. The molecule has 0 aromatic rings. The van der Waals surface area contributed by atoms with Gasteiger partial charge in [-0.2, -0.15) is 0 Å². The SMILES string of the molecule is CC[C@@H](CCCCNC(=O)[C@H](CCCN=C(N)N)NC(=O)CC[C@H](NC(=O)CC[C@H](NC(=O)CC[C@H](NC(=O)CC[C@H](NC(C)=O)C(=O)O)C(=O)O)C(=O)O)C(=O)O)C(=O)CO. The van der Waals surface area contributed by atoms with Gasteiger partial charge in [0.1, 0.15) is 36.8 Å². The molecule has 0 radical (unpaired) electrons. The van der Waals surface area contributed by atoms with Crippen LogP contribution in [0, 0.1) is 5.92 Å². The van der Waals surface area contributed by atoms with E-state index in [1.54, 1.807) is 0 Å². The number of carboxylic acids is 4. The van der Waals surface area contributed by atoms with E-state index < -0.39 is 141 Å². The third kappa shape index (κ3) is 25.3. The topological polar surface area (TPSA) is 426 Å². The zero-order valence-corrected chi connectivity index (χ0v) is 34.8. The van der Waals surface area contributed by atoms with Crippen LogP contribution in [0.5, 0.6) is 0 Å². The summed E-state index contributed by atoms with van der Waals surface area (Å²) in [5.74, 6) is -11.6. The van der Waals surface area contributed by atoms with Crippen LogP contribution < -0.4 is 43.4 Å². The summed E-state index contributed by atoms with van der Waals surface area (Å²) < 4.78 is 0. The molecule has 0 aromatic heterocycles. The molecular weight excluding hydrogens is 826 g/mol. The number of aliphatic carboxylic acids is 4. The molecule has 0 unspecified atom stereocenters. The first-order valence-electron chi connectivity index (χ1n) is 19.9. The molecule has 62 heavy (non-hydrogen) atoms. The van der Waals surface area contributed by atoms with Gasteiger partial charge < -0.3 is 68.9 Å². The van der Waals surface area contributed by atoms with Crippen LogP contribution in [0.1, 0.15) is 104 Å². The lowest BCUT2D eigenvalue weighted by atomic mass is 9.95. The Kier molecular flexibility index (Phi) is 27.4. The van der Waals surface area contributed by atoms with Crippen LogP contribution in [0.2, 0.25) is 0 Å². The maximum atomic E-state index is 13.0. The number of nitrogens with one attached hydrogen (secondary N) is 6. The fraction of sp³-hybridized carbons (Fsp3) is 0.676. The molecule has 0 aliphatic rings. The van der Waals surface area contributed by atoms with Crippen molar-refractivity contribution < 1.29 is 78.3 Å². The van der Waals surface area contributed by atoms with Crippen LogP contribution in [0.3, 0.4) is 0 Å². The van der Waals surface area contributed by atoms with Crippen LogP contribution in [-0.4, -0.2) is 147 Å². The first kappa shape index (κ1) is 55.6. The van der Waals surface area contributed by atoms with Crippen molar-refractivity contribution in [3.8, 4) is 0 Å². The Balaban J connectivity index is 5.20. The number of nitrogens with two attached hydrogens (primary N) is 2. The third-order valence-corrected chi connectivity index (χ3v) is 9.20. The minimum atomic E-state index is -1.68. The molecule has 0 aromatic carbocycles. The molecule has 6 amide bonds. The van der Waals surface area contributed by atoms with Crippen molar-refractivity contribution in [3.63, 3.8) is 0 Å². The van der Waals surface area contributed by atoms with Gasteiger partial charge in [-0.3, -0.25) is 38.6 Å². The van der Waals surface area contributed by atoms with Crippen molar-refractivity contribution in [2.75, 3.05) is 19.7 Å². The number of amides is 6. The van der Waals surface area contributed by atoms with Gasteiger partial charge >= 0.3 is 23.9 Å². The molecule has 0 saturated heterocycles. The predicted molar refractivity (Wildman–Crippen MR) is 215 cm³/mol. The lowest BCUT2D eigenvalue weighted by Gasteiger charge is -2.20. The molecule has 0 aliphatic heterocycles. The molecule has 6 atom stereocenters. The number of aliphatic hydroxyl groups excluding tert-OH is 1.